The van der Waals surface area contributed by atoms with Crippen LogP contribution in [0.15, 0.2) is 115 Å². The zero-order chi connectivity index (χ0) is 25.7. The number of fused-ring (bicyclic) bond motifs is 1. The fourth-order valence-electron chi connectivity index (χ4n) is 5.82. The Morgan fingerprint density at radius 3 is 1.82 bits per heavy atom. The van der Waals surface area contributed by atoms with E-state index in [-0.39, 0.29) is 0 Å². The molecule has 0 unspecified atom stereocenters. The summed E-state index contributed by atoms with van der Waals surface area (Å²) in [6.07, 6.45) is -0.461. The topological polar surface area (TPSA) is 31.6 Å². The predicted molar refractivity (Wildman–Crippen MR) is 157 cm³/mol. The first-order chi connectivity index (χ1) is 18.8. The predicted octanol–water partition coefficient (Wildman–Crippen LogP) is 6.15. The summed E-state index contributed by atoms with van der Waals surface area (Å²) >= 11 is 0. The van der Waals surface area contributed by atoms with Gasteiger partial charge in [0.1, 0.15) is 0 Å². The Morgan fingerprint density at radius 2 is 1.13 bits per heavy atom. The number of hydrogen-bond acceptors (Lipinski definition) is 3. The molecular weight excluding hydrogens is 466 g/mol. The number of nitrogens with zero attached hydrogens (tertiary/aromatic N) is 3. The fraction of sp³-hybridized carbons (Fsp3) is 0.235. The molecule has 0 spiro atoms. The Hall–Kier alpha value is -3.70. The van der Waals surface area contributed by atoms with Crippen LogP contribution in [0.4, 0.5) is 0 Å². The summed E-state index contributed by atoms with van der Waals surface area (Å²) < 4.78 is 2.34. The lowest BCUT2D eigenvalue weighted by atomic mass is 9.98. The van der Waals surface area contributed by atoms with E-state index in [1.807, 2.05) is 0 Å². The van der Waals surface area contributed by atoms with Crippen molar-refractivity contribution in [2.75, 3.05) is 32.7 Å². The van der Waals surface area contributed by atoms with Crippen LogP contribution in [0.1, 0.15) is 5.56 Å². The first-order valence-electron chi connectivity index (χ1n) is 13.6. The van der Waals surface area contributed by atoms with Gasteiger partial charge >= 0.3 is 0 Å². The van der Waals surface area contributed by atoms with E-state index in [9.17, 15) is 5.11 Å². The van der Waals surface area contributed by atoms with E-state index in [0.29, 0.717) is 13.1 Å². The summed E-state index contributed by atoms with van der Waals surface area (Å²) in [4.78, 5) is 4.93. The van der Waals surface area contributed by atoms with Crippen LogP contribution in [0.5, 0.6) is 0 Å². The first-order valence-corrected chi connectivity index (χ1v) is 13.6. The summed E-state index contributed by atoms with van der Waals surface area (Å²) in [5.41, 5.74) is 7.30. The summed E-state index contributed by atoms with van der Waals surface area (Å²) in [7, 11) is 0. The largest absolute Gasteiger partial charge is 0.390 e. The van der Waals surface area contributed by atoms with Crippen molar-refractivity contribution in [3.63, 3.8) is 0 Å². The second kappa shape index (κ2) is 11.4. The van der Waals surface area contributed by atoms with Crippen molar-refractivity contribution < 1.29 is 5.11 Å². The maximum Gasteiger partial charge on any atom is 0.0845 e. The Kier molecular flexibility index (Phi) is 7.36. The summed E-state index contributed by atoms with van der Waals surface area (Å²) in [6, 6.07) is 40.5. The molecule has 1 N–H and O–H groups in total. The number of aromatic nitrogens is 1. The Labute approximate surface area is 225 Å². The van der Waals surface area contributed by atoms with Crippen molar-refractivity contribution in [1.29, 1.82) is 0 Å². The molecule has 5 aromatic rings. The van der Waals surface area contributed by atoms with Crippen LogP contribution in [0.25, 0.3) is 33.3 Å². The van der Waals surface area contributed by atoms with Crippen LogP contribution in [0, 0.1) is 0 Å². The van der Waals surface area contributed by atoms with Crippen molar-refractivity contribution >= 4 is 10.9 Å². The minimum atomic E-state index is -0.461. The van der Waals surface area contributed by atoms with Gasteiger partial charge in [-0.2, -0.15) is 0 Å². The number of aliphatic hydroxyl groups excluding tert-OH is 1. The normalized spacial score (nSPS) is 15.6. The molecular formula is C34H35N3O. The molecule has 38 heavy (non-hydrogen) atoms. The average molecular weight is 502 g/mol. The van der Waals surface area contributed by atoms with Gasteiger partial charge in [-0.1, -0.05) is 109 Å². The van der Waals surface area contributed by atoms with E-state index in [4.69, 9.17) is 0 Å². The SMILES string of the molecule is O[C@H](CN1CCN(Cc2ccccc2)CC1)Cn1c(-c2ccccc2)c(-c2ccccc2)c2ccccc21. The van der Waals surface area contributed by atoms with Gasteiger partial charge in [-0.15, -0.1) is 0 Å². The molecule has 1 saturated heterocycles. The quantitative estimate of drug-likeness (QED) is 0.277. The van der Waals surface area contributed by atoms with Crippen LogP contribution in [0.3, 0.4) is 0 Å². The highest BCUT2D eigenvalue weighted by Gasteiger charge is 2.24. The van der Waals surface area contributed by atoms with E-state index in [2.05, 4.69) is 130 Å². The van der Waals surface area contributed by atoms with E-state index in [1.54, 1.807) is 0 Å². The number of piperazine rings is 1. The van der Waals surface area contributed by atoms with Crippen molar-refractivity contribution in [3.05, 3.63) is 121 Å². The fourth-order valence-corrected chi connectivity index (χ4v) is 5.82. The molecule has 4 heteroatoms. The van der Waals surface area contributed by atoms with Crippen molar-refractivity contribution in [1.82, 2.24) is 14.4 Å². The number of aliphatic hydroxyl groups is 1. The van der Waals surface area contributed by atoms with Crippen LogP contribution in [0.2, 0.25) is 0 Å². The Morgan fingerprint density at radius 1 is 0.579 bits per heavy atom. The lowest BCUT2D eigenvalue weighted by Gasteiger charge is -2.35. The Balaban J connectivity index is 1.24. The molecule has 2 heterocycles. The number of rotatable bonds is 8. The second-order valence-electron chi connectivity index (χ2n) is 10.3. The third kappa shape index (κ3) is 5.30. The van der Waals surface area contributed by atoms with Crippen molar-refractivity contribution in [3.8, 4) is 22.4 Å². The smallest absolute Gasteiger partial charge is 0.0845 e. The van der Waals surface area contributed by atoms with Crippen molar-refractivity contribution in [2.24, 2.45) is 0 Å². The van der Waals surface area contributed by atoms with E-state index < -0.39 is 6.10 Å². The standard InChI is InChI=1S/C34H35N3O/c38-30(25-36-22-20-35(21-23-36)24-27-12-4-1-5-13-27)26-37-32-19-11-10-18-31(32)33(28-14-6-2-7-15-28)34(37)29-16-8-3-9-17-29/h1-19,30,38H,20-26H2/t30-/m1/s1. The molecule has 1 atom stereocenters. The van der Waals surface area contributed by atoms with E-state index >= 15 is 0 Å². The third-order valence-corrected chi connectivity index (χ3v) is 7.66. The average Bonchev–Trinajstić information content (AvgIpc) is 3.29. The van der Waals surface area contributed by atoms with Crippen LogP contribution in [-0.2, 0) is 13.1 Å². The van der Waals surface area contributed by atoms with Gasteiger partial charge in [-0.3, -0.25) is 9.80 Å². The lowest BCUT2D eigenvalue weighted by Crippen LogP contribution is -2.48. The number of para-hydroxylation sites is 1. The molecule has 4 nitrogen and oxygen atoms in total. The second-order valence-corrected chi connectivity index (χ2v) is 10.3. The minimum Gasteiger partial charge on any atom is -0.390 e. The molecule has 6 rings (SSSR count). The van der Waals surface area contributed by atoms with Gasteiger partial charge in [0.15, 0.2) is 0 Å². The summed E-state index contributed by atoms with van der Waals surface area (Å²) in [5.74, 6) is 0. The van der Waals surface area contributed by atoms with Gasteiger partial charge in [0.2, 0.25) is 0 Å². The first kappa shape index (κ1) is 24.6. The lowest BCUT2D eigenvalue weighted by molar-refractivity contribution is 0.0631. The zero-order valence-corrected chi connectivity index (χ0v) is 21.8. The number of β-amino-alcohol motifs (C(OH)–C–C–N with tert-alkyl or cyclic N) is 1. The summed E-state index contributed by atoms with van der Waals surface area (Å²) in [5, 5.41) is 12.6. The molecule has 0 aliphatic carbocycles. The maximum atomic E-state index is 11.4. The van der Waals surface area contributed by atoms with E-state index in [1.165, 1.54) is 33.3 Å². The molecule has 1 aromatic heterocycles. The molecule has 0 bridgehead atoms. The number of benzene rings is 4. The highest BCUT2D eigenvalue weighted by molar-refractivity contribution is 6.04. The molecule has 0 amide bonds. The number of hydrogen-bond donors (Lipinski definition) is 1. The molecule has 1 fully saturated rings. The van der Waals surface area contributed by atoms with E-state index in [0.717, 1.165) is 38.2 Å². The Bertz CT molecular complexity index is 1460. The van der Waals surface area contributed by atoms with Crippen LogP contribution < -0.4 is 0 Å². The zero-order valence-electron chi connectivity index (χ0n) is 21.8. The minimum absolute atomic E-state index is 0.461. The molecule has 0 radical (unpaired) electrons. The summed E-state index contributed by atoms with van der Waals surface area (Å²) in [6.45, 7) is 6.26. The van der Waals surface area contributed by atoms with Crippen molar-refractivity contribution in [2.45, 2.75) is 19.2 Å². The molecule has 0 saturated carbocycles. The van der Waals surface area contributed by atoms with Crippen LogP contribution >= 0.6 is 0 Å². The highest BCUT2D eigenvalue weighted by Crippen LogP contribution is 2.41. The van der Waals surface area contributed by atoms with Gasteiger partial charge < -0.3 is 9.67 Å². The third-order valence-electron chi connectivity index (χ3n) is 7.66. The molecule has 1 aliphatic rings. The molecule has 1 aliphatic heterocycles. The van der Waals surface area contributed by atoms with Gasteiger partial charge in [0.05, 0.1) is 18.3 Å². The van der Waals surface area contributed by atoms with Gasteiger partial charge in [-0.05, 0) is 22.8 Å². The molecule has 4 aromatic carbocycles. The van der Waals surface area contributed by atoms with Gasteiger partial charge in [0.25, 0.3) is 0 Å². The van der Waals surface area contributed by atoms with Gasteiger partial charge in [0, 0.05) is 55.7 Å². The molecule has 192 valence electrons. The monoisotopic (exact) mass is 501 g/mol. The van der Waals surface area contributed by atoms with Crippen LogP contribution in [-0.4, -0.2) is 58.3 Å². The van der Waals surface area contributed by atoms with Gasteiger partial charge in [-0.25, -0.2) is 0 Å². The maximum absolute atomic E-state index is 11.4. The highest BCUT2D eigenvalue weighted by atomic mass is 16.3.